The topological polar surface area (TPSA) is 17.1 Å². The minimum Gasteiger partial charge on any atom is -0.254 e. The maximum Gasteiger partial charge on any atom is 0.302 e. The monoisotopic (exact) mass is 510 g/mol. The molecule has 0 amide bonds. The van der Waals surface area contributed by atoms with E-state index < -0.39 is 47.0 Å². The van der Waals surface area contributed by atoms with Crippen LogP contribution >= 0.6 is 20.7 Å². The highest BCUT2D eigenvalue weighted by molar-refractivity contribution is 14.2. The summed E-state index contributed by atoms with van der Waals surface area (Å²) in [6.45, 7) is 3.32. The summed E-state index contributed by atoms with van der Waals surface area (Å²) in [4.78, 5) is 0.209. The summed E-state index contributed by atoms with van der Waals surface area (Å²) in [7, 11) is -1.94. The van der Waals surface area contributed by atoms with Crippen molar-refractivity contribution in [2.24, 2.45) is 0 Å². The molecule has 146 valence electrons. The lowest BCUT2D eigenvalue weighted by atomic mass is 10.0. The van der Waals surface area contributed by atoms with Gasteiger partial charge in [0.2, 0.25) is 0 Å². The lowest BCUT2D eigenvalue weighted by Crippen LogP contribution is -2.18. The van der Waals surface area contributed by atoms with E-state index >= 15 is 0 Å². The molecule has 0 heterocycles. The van der Waals surface area contributed by atoms with Crippen molar-refractivity contribution >= 4 is 41.6 Å². The Hall–Kier alpha value is -1.35. The second-order valence-electron chi connectivity index (χ2n) is 6.05. The molecule has 2 aromatic rings. The largest absolute Gasteiger partial charge is 0.302 e. The Balaban J connectivity index is 2.28. The third-order valence-corrected chi connectivity index (χ3v) is 7.56. The van der Waals surface area contributed by atoms with Crippen LogP contribution in [0.4, 0.5) is 17.6 Å². The normalized spacial score (nSPS) is 13.6. The molecule has 1 unspecified atom stereocenters. The molecule has 0 aliphatic rings. The van der Waals surface area contributed by atoms with Gasteiger partial charge in [-0.1, -0.05) is 43.5 Å². The quantitative estimate of drug-likeness (QED) is 0.253. The number of benzene rings is 2. The second kappa shape index (κ2) is 9.23. The van der Waals surface area contributed by atoms with Gasteiger partial charge < -0.3 is 0 Å². The molecule has 0 bridgehead atoms. The van der Waals surface area contributed by atoms with Gasteiger partial charge in [0, 0.05) is 4.90 Å². The summed E-state index contributed by atoms with van der Waals surface area (Å²) >= 11 is -1.62. The molecule has 0 aliphatic heterocycles. The predicted octanol–water partition coefficient (Wildman–Crippen LogP) is 6.02. The number of hydrogen-bond donors (Lipinski definition) is 0. The van der Waals surface area contributed by atoms with Crippen molar-refractivity contribution < 1.29 is 21.8 Å². The van der Waals surface area contributed by atoms with Crippen molar-refractivity contribution in [3.8, 4) is 0 Å². The molecule has 7 heteroatoms. The fraction of sp³-hybridized carbons (Fsp3) is 0.250. The van der Waals surface area contributed by atoms with Crippen molar-refractivity contribution in [1.82, 2.24) is 0 Å². The summed E-state index contributed by atoms with van der Waals surface area (Å²) in [5, 5.41) is 0. The predicted molar refractivity (Wildman–Crippen MR) is 112 cm³/mol. The van der Waals surface area contributed by atoms with Crippen molar-refractivity contribution in [3.05, 3.63) is 70.8 Å². The van der Waals surface area contributed by atoms with E-state index in [1.807, 2.05) is 0 Å². The maximum absolute atomic E-state index is 14.3. The van der Waals surface area contributed by atoms with E-state index in [2.05, 4.69) is 4.51 Å². The Labute approximate surface area is 168 Å². The molecule has 0 aromatic heterocycles. The van der Waals surface area contributed by atoms with E-state index in [1.165, 1.54) is 24.3 Å². The molecular weight excluding hydrogens is 491 g/mol. The van der Waals surface area contributed by atoms with E-state index in [0.717, 1.165) is 5.57 Å². The molecule has 0 saturated heterocycles. The summed E-state index contributed by atoms with van der Waals surface area (Å²) in [5.41, 5.74) is 2.06. The zero-order valence-corrected chi connectivity index (χ0v) is 17.8. The highest BCUT2D eigenvalue weighted by Gasteiger charge is 2.29. The zero-order valence-electron chi connectivity index (χ0n) is 14.9. The Morgan fingerprint density at radius 1 is 1.26 bits per heavy atom. The molecule has 0 N–H and O–H groups in total. The molecule has 2 rings (SSSR count). The van der Waals surface area contributed by atoms with Crippen molar-refractivity contribution in [3.63, 3.8) is 0 Å². The first-order valence-corrected chi connectivity index (χ1v) is 11.9. The van der Waals surface area contributed by atoms with Crippen molar-refractivity contribution in [1.29, 1.82) is 0 Å². The summed E-state index contributed by atoms with van der Waals surface area (Å²) in [6.07, 6.45) is 1.91. The molecule has 1 atom stereocenters. The lowest BCUT2D eigenvalue weighted by Gasteiger charge is -2.13. The SMILES string of the molecule is C=IC(F)(F)CS(=O)c1cc(C/C=C(/C)c2cccc(F)c2)c(F)cc1C. The molecule has 0 fully saturated rings. The van der Waals surface area contributed by atoms with Gasteiger partial charge in [-0.05, 0) is 66.8 Å². The Morgan fingerprint density at radius 2 is 1.96 bits per heavy atom. The van der Waals surface area contributed by atoms with E-state index in [1.54, 1.807) is 32.1 Å². The number of alkyl halides is 3. The highest BCUT2D eigenvalue weighted by Crippen LogP contribution is 2.31. The fourth-order valence-electron chi connectivity index (χ4n) is 2.48. The van der Waals surface area contributed by atoms with Crippen LogP contribution in [0, 0.1) is 18.6 Å². The lowest BCUT2D eigenvalue weighted by molar-refractivity contribution is 0.154. The zero-order chi connectivity index (χ0) is 20.2. The first-order valence-electron chi connectivity index (χ1n) is 8.00. The van der Waals surface area contributed by atoms with Crippen LogP contribution in [0.5, 0.6) is 0 Å². The highest BCUT2D eigenvalue weighted by atomic mass is 127. The number of rotatable bonds is 7. The third kappa shape index (κ3) is 6.07. The van der Waals surface area contributed by atoms with Crippen LogP contribution < -0.4 is 0 Å². The van der Waals surface area contributed by atoms with Gasteiger partial charge in [0.25, 0.3) is 0 Å². The number of aryl methyl sites for hydroxylation is 1. The Morgan fingerprint density at radius 3 is 2.59 bits per heavy atom. The fourth-order valence-corrected chi connectivity index (χ4v) is 5.21. The van der Waals surface area contributed by atoms with Crippen LogP contribution in [-0.4, -0.2) is 18.4 Å². The molecular formula is C20H19F4IOS. The van der Waals surface area contributed by atoms with Crippen molar-refractivity contribution in [2.45, 2.75) is 29.1 Å². The summed E-state index contributed by atoms with van der Waals surface area (Å²) < 4.78 is 67.3. The number of hydrogen-bond acceptors (Lipinski definition) is 1. The molecule has 1 nitrogen and oxygen atoms in total. The van der Waals surface area contributed by atoms with Crippen LogP contribution in [0.1, 0.15) is 23.6 Å². The minimum absolute atomic E-state index is 0.178. The van der Waals surface area contributed by atoms with Crippen LogP contribution in [0.15, 0.2) is 47.4 Å². The van der Waals surface area contributed by atoms with Gasteiger partial charge in [0.1, 0.15) is 17.4 Å². The molecule has 2 aromatic carbocycles. The summed E-state index contributed by atoms with van der Waals surface area (Å²) in [5.74, 6) is -1.66. The minimum atomic E-state index is -3.03. The Bertz CT molecular complexity index is 909. The third-order valence-electron chi connectivity index (χ3n) is 3.99. The molecule has 0 aliphatic carbocycles. The van der Waals surface area contributed by atoms with Gasteiger partial charge in [-0.2, -0.15) is 8.78 Å². The summed E-state index contributed by atoms with van der Waals surface area (Å²) in [6, 6.07) is 8.63. The molecule has 0 spiro atoms. The Kier molecular flexibility index (Phi) is 7.50. The average Bonchev–Trinajstić information content (AvgIpc) is 2.60. The standard InChI is InChI=1S/C20H19F4IOS/c1-13(15-5-4-6-17(21)10-15)7-8-16-11-19(14(2)9-18(16)22)27(26)12-20(23,24)25-3/h4-7,9-11H,3,8,12H2,1-2H3/b13-7-. The molecule has 0 saturated carbocycles. The number of halogens is 5. The van der Waals surface area contributed by atoms with Gasteiger partial charge in [-0.15, -0.1) is 0 Å². The molecule has 27 heavy (non-hydrogen) atoms. The first-order chi connectivity index (χ1) is 12.6. The maximum atomic E-state index is 14.3. The van der Waals surface area contributed by atoms with Crippen LogP contribution in [-0.2, 0) is 17.2 Å². The number of allylic oxidation sites excluding steroid dienone is 2. The van der Waals surface area contributed by atoms with Crippen LogP contribution in [0.25, 0.3) is 5.57 Å². The van der Waals surface area contributed by atoms with Gasteiger partial charge in [-0.3, -0.25) is 4.21 Å². The smallest absolute Gasteiger partial charge is 0.254 e. The van der Waals surface area contributed by atoms with Gasteiger partial charge in [-0.25, -0.2) is 8.78 Å². The van der Waals surface area contributed by atoms with E-state index in [0.29, 0.717) is 11.1 Å². The van der Waals surface area contributed by atoms with E-state index in [4.69, 9.17) is 0 Å². The van der Waals surface area contributed by atoms with Crippen LogP contribution in [0.2, 0.25) is 0 Å². The van der Waals surface area contributed by atoms with Crippen molar-refractivity contribution in [2.75, 3.05) is 5.75 Å². The molecule has 0 radical (unpaired) electrons. The van der Waals surface area contributed by atoms with Gasteiger partial charge in [0.05, 0.1) is 10.8 Å². The van der Waals surface area contributed by atoms with Gasteiger partial charge in [0.15, 0.2) is 0 Å². The van der Waals surface area contributed by atoms with Crippen LogP contribution in [0.3, 0.4) is 0 Å². The van der Waals surface area contributed by atoms with E-state index in [9.17, 15) is 21.8 Å². The van der Waals surface area contributed by atoms with E-state index in [-0.39, 0.29) is 22.7 Å². The first kappa shape index (κ1) is 21.9. The second-order valence-corrected chi connectivity index (χ2v) is 9.81. The average molecular weight is 510 g/mol. The van der Waals surface area contributed by atoms with Gasteiger partial charge >= 0.3 is 3.93 Å².